The fourth-order valence-electron chi connectivity index (χ4n) is 2.74. The first-order valence-corrected chi connectivity index (χ1v) is 7.05. The van der Waals surface area contributed by atoms with E-state index in [2.05, 4.69) is 23.7 Å². The van der Waals surface area contributed by atoms with Gasteiger partial charge in [-0.15, -0.1) is 0 Å². The molecule has 1 saturated carbocycles. The Kier molecular flexibility index (Phi) is 5.86. The molecule has 1 aliphatic carbocycles. The van der Waals surface area contributed by atoms with Gasteiger partial charge in [0.25, 0.3) is 0 Å². The number of rotatable bonds is 1. The van der Waals surface area contributed by atoms with Crippen LogP contribution in [0.2, 0.25) is 0 Å². The molecule has 0 amide bonds. The average molecular weight is 224 g/mol. The average Bonchev–Trinajstić information content (AvgIpc) is 2.34. The molecule has 1 aliphatic heterocycles. The quantitative estimate of drug-likeness (QED) is 0.663. The van der Waals surface area contributed by atoms with Crippen molar-refractivity contribution in [3.8, 4) is 0 Å². The van der Waals surface area contributed by atoms with Gasteiger partial charge in [0, 0.05) is 19.1 Å². The fourth-order valence-corrected chi connectivity index (χ4v) is 2.74. The lowest BCUT2D eigenvalue weighted by Gasteiger charge is -2.39. The standard InChI is InChI=1S/C12H22N2.C2H6/c1-10-4-6-12(7-5-10)14-9-3-8-13-11(14)2;1-2/h10,12H,3-9H2,1-2H3;1-2H3. The third-order valence-electron chi connectivity index (χ3n) is 3.74. The Morgan fingerprint density at radius 1 is 1.12 bits per heavy atom. The van der Waals surface area contributed by atoms with E-state index in [9.17, 15) is 0 Å². The maximum absolute atomic E-state index is 4.55. The zero-order valence-electron chi connectivity index (χ0n) is 11.5. The van der Waals surface area contributed by atoms with Crippen molar-refractivity contribution in [2.75, 3.05) is 13.1 Å². The molecular formula is C14H28N2. The van der Waals surface area contributed by atoms with Crippen LogP contribution in [0.25, 0.3) is 0 Å². The molecule has 0 spiro atoms. The zero-order chi connectivity index (χ0) is 12.0. The number of amidine groups is 1. The highest BCUT2D eigenvalue weighted by Gasteiger charge is 2.25. The van der Waals surface area contributed by atoms with Crippen molar-refractivity contribution in [3.05, 3.63) is 0 Å². The van der Waals surface area contributed by atoms with E-state index in [1.54, 1.807) is 0 Å². The van der Waals surface area contributed by atoms with Gasteiger partial charge in [0.05, 0.1) is 5.84 Å². The maximum atomic E-state index is 4.55. The Morgan fingerprint density at radius 2 is 1.75 bits per heavy atom. The van der Waals surface area contributed by atoms with E-state index in [-0.39, 0.29) is 0 Å². The monoisotopic (exact) mass is 224 g/mol. The Bertz CT molecular complexity index is 215. The molecule has 0 bridgehead atoms. The molecule has 1 heterocycles. The Morgan fingerprint density at radius 3 is 2.31 bits per heavy atom. The maximum Gasteiger partial charge on any atom is 0.0960 e. The summed E-state index contributed by atoms with van der Waals surface area (Å²) in [5.41, 5.74) is 0. The highest BCUT2D eigenvalue weighted by molar-refractivity contribution is 5.80. The van der Waals surface area contributed by atoms with Crippen LogP contribution in [0.5, 0.6) is 0 Å². The Labute approximate surface area is 101 Å². The topological polar surface area (TPSA) is 15.6 Å². The van der Waals surface area contributed by atoms with Gasteiger partial charge in [0.2, 0.25) is 0 Å². The third kappa shape index (κ3) is 3.50. The van der Waals surface area contributed by atoms with Crippen molar-refractivity contribution in [1.82, 2.24) is 4.90 Å². The molecule has 0 unspecified atom stereocenters. The van der Waals surface area contributed by atoms with Crippen molar-refractivity contribution in [3.63, 3.8) is 0 Å². The van der Waals surface area contributed by atoms with Crippen LogP contribution in [0.4, 0.5) is 0 Å². The second-order valence-electron chi connectivity index (χ2n) is 4.89. The fraction of sp³-hybridized carbons (Fsp3) is 0.929. The summed E-state index contributed by atoms with van der Waals surface area (Å²) in [4.78, 5) is 7.10. The predicted octanol–water partition coefficient (Wildman–Crippen LogP) is 3.72. The van der Waals surface area contributed by atoms with E-state index in [1.807, 2.05) is 13.8 Å². The third-order valence-corrected chi connectivity index (χ3v) is 3.74. The lowest BCUT2D eigenvalue weighted by atomic mass is 9.86. The lowest BCUT2D eigenvalue weighted by Crippen LogP contribution is -2.43. The summed E-state index contributed by atoms with van der Waals surface area (Å²) >= 11 is 0. The summed E-state index contributed by atoms with van der Waals surface area (Å²) in [5, 5.41) is 0. The van der Waals surface area contributed by atoms with Gasteiger partial charge in [0.15, 0.2) is 0 Å². The van der Waals surface area contributed by atoms with Crippen LogP contribution >= 0.6 is 0 Å². The van der Waals surface area contributed by atoms with Crippen LogP contribution in [0, 0.1) is 5.92 Å². The molecule has 0 N–H and O–H groups in total. The molecule has 1 fully saturated rings. The van der Waals surface area contributed by atoms with Gasteiger partial charge in [-0.1, -0.05) is 20.8 Å². The Hall–Kier alpha value is -0.530. The number of aliphatic imine (C=N–C) groups is 1. The molecule has 0 aromatic carbocycles. The van der Waals surface area contributed by atoms with Crippen molar-refractivity contribution in [1.29, 1.82) is 0 Å². The second-order valence-corrected chi connectivity index (χ2v) is 4.89. The molecule has 2 rings (SSSR count). The number of nitrogens with zero attached hydrogens (tertiary/aromatic N) is 2. The minimum absolute atomic E-state index is 0.801. The summed E-state index contributed by atoms with van der Waals surface area (Å²) < 4.78 is 0. The molecule has 0 aromatic rings. The molecule has 0 aromatic heterocycles. The van der Waals surface area contributed by atoms with E-state index in [4.69, 9.17) is 0 Å². The van der Waals surface area contributed by atoms with Crippen LogP contribution in [-0.4, -0.2) is 29.9 Å². The molecule has 94 valence electrons. The minimum atomic E-state index is 0.801. The largest absolute Gasteiger partial charge is 0.358 e. The van der Waals surface area contributed by atoms with Gasteiger partial charge in [-0.05, 0) is 44.9 Å². The molecule has 2 aliphatic rings. The predicted molar refractivity (Wildman–Crippen MR) is 72.1 cm³/mol. The molecule has 16 heavy (non-hydrogen) atoms. The van der Waals surface area contributed by atoms with Gasteiger partial charge in [-0.3, -0.25) is 4.99 Å². The molecule has 0 atom stereocenters. The lowest BCUT2D eigenvalue weighted by molar-refractivity contribution is 0.206. The summed E-state index contributed by atoms with van der Waals surface area (Å²) in [5.74, 6) is 2.24. The van der Waals surface area contributed by atoms with Gasteiger partial charge < -0.3 is 4.90 Å². The van der Waals surface area contributed by atoms with Crippen LogP contribution in [0.1, 0.15) is 59.8 Å². The zero-order valence-corrected chi connectivity index (χ0v) is 11.5. The van der Waals surface area contributed by atoms with E-state index < -0.39 is 0 Å². The highest BCUT2D eigenvalue weighted by atomic mass is 15.2. The smallest absolute Gasteiger partial charge is 0.0960 e. The van der Waals surface area contributed by atoms with Crippen LogP contribution in [0.3, 0.4) is 0 Å². The first-order valence-electron chi connectivity index (χ1n) is 7.05. The number of hydrogen-bond donors (Lipinski definition) is 0. The van der Waals surface area contributed by atoms with Crippen molar-refractivity contribution in [2.45, 2.75) is 65.8 Å². The van der Waals surface area contributed by atoms with Crippen molar-refractivity contribution >= 4 is 5.84 Å². The SMILES string of the molecule is CC.CC1=NCCCN1C1CCC(C)CC1. The van der Waals surface area contributed by atoms with E-state index in [0.29, 0.717) is 0 Å². The second kappa shape index (κ2) is 6.93. The van der Waals surface area contributed by atoms with Crippen molar-refractivity contribution in [2.24, 2.45) is 10.9 Å². The van der Waals surface area contributed by atoms with Gasteiger partial charge in [-0.25, -0.2) is 0 Å². The van der Waals surface area contributed by atoms with Crippen LogP contribution in [0.15, 0.2) is 4.99 Å². The summed E-state index contributed by atoms with van der Waals surface area (Å²) in [6.45, 7) is 10.9. The van der Waals surface area contributed by atoms with Gasteiger partial charge >= 0.3 is 0 Å². The first kappa shape index (κ1) is 13.5. The van der Waals surface area contributed by atoms with E-state index in [0.717, 1.165) is 18.5 Å². The molecule has 2 heteroatoms. The molecular weight excluding hydrogens is 196 g/mol. The molecule has 2 nitrogen and oxygen atoms in total. The van der Waals surface area contributed by atoms with E-state index in [1.165, 1.54) is 44.5 Å². The van der Waals surface area contributed by atoms with Crippen LogP contribution < -0.4 is 0 Å². The molecule has 0 saturated heterocycles. The van der Waals surface area contributed by atoms with Crippen molar-refractivity contribution < 1.29 is 0 Å². The molecule has 0 radical (unpaired) electrons. The first-order chi connectivity index (χ1) is 7.77. The summed E-state index contributed by atoms with van der Waals surface area (Å²) in [6, 6.07) is 0.801. The number of hydrogen-bond acceptors (Lipinski definition) is 2. The van der Waals surface area contributed by atoms with Crippen LogP contribution in [-0.2, 0) is 0 Å². The van der Waals surface area contributed by atoms with Gasteiger partial charge in [0.1, 0.15) is 0 Å². The Balaban J connectivity index is 0.000000606. The highest BCUT2D eigenvalue weighted by Crippen LogP contribution is 2.28. The normalized spacial score (nSPS) is 30.2. The minimum Gasteiger partial charge on any atom is -0.358 e. The van der Waals surface area contributed by atoms with Gasteiger partial charge in [-0.2, -0.15) is 0 Å². The van der Waals surface area contributed by atoms with E-state index >= 15 is 0 Å². The summed E-state index contributed by atoms with van der Waals surface area (Å²) in [7, 11) is 0. The summed E-state index contributed by atoms with van der Waals surface area (Å²) in [6.07, 6.45) is 6.84.